The maximum absolute atomic E-state index is 13.7. The molecular weight excluding hydrogens is 275 g/mol. The first-order valence-corrected chi connectivity index (χ1v) is 6.90. The van der Waals surface area contributed by atoms with E-state index in [0.29, 0.717) is 17.8 Å². The van der Waals surface area contributed by atoms with Crippen molar-refractivity contribution in [1.29, 1.82) is 0 Å². The lowest BCUT2D eigenvalue weighted by Gasteiger charge is -2.40. The van der Waals surface area contributed by atoms with Gasteiger partial charge in [0.05, 0.1) is 11.6 Å². The number of piperidine rings is 1. The van der Waals surface area contributed by atoms with Crippen molar-refractivity contribution in [2.45, 2.75) is 18.0 Å². The maximum atomic E-state index is 13.7. The molecule has 0 aromatic heterocycles. The fraction of sp³-hybridized carbons (Fsp3) is 0.429. The van der Waals surface area contributed by atoms with E-state index in [1.54, 1.807) is 13.1 Å². The molecule has 3 heterocycles. The number of nitrogens with zero attached hydrogens (tertiary/aromatic N) is 1. The summed E-state index contributed by atoms with van der Waals surface area (Å²) in [5.41, 5.74) is 6.27. The van der Waals surface area contributed by atoms with E-state index in [1.165, 1.54) is 17.0 Å². The number of amides is 2. The van der Waals surface area contributed by atoms with Crippen molar-refractivity contribution < 1.29 is 14.0 Å². The zero-order valence-corrected chi connectivity index (χ0v) is 11.4. The van der Waals surface area contributed by atoms with E-state index >= 15 is 0 Å². The van der Waals surface area contributed by atoms with Crippen LogP contribution in [0.2, 0.25) is 0 Å². The highest BCUT2D eigenvalue weighted by atomic mass is 19.1. The number of hydrazine groups is 1. The second-order valence-corrected chi connectivity index (χ2v) is 5.85. The molecule has 3 N–H and O–H groups in total. The van der Waals surface area contributed by atoms with Crippen LogP contribution in [0.3, 0.4) is 0 Å². The molecule has 0 saturated carbocycles. The number of carbonyl (C=O) groups is 2. The van der Waals surface area contributed by atoms with Gasteiger partial charge < -0.3 is 10.2 Å². The van der Waals surface area contributed by atoms with Gasteiger partial charge in [0.15, 0.2) is 0 Å². The molecule has 2 saturated heterocycles. The second kappa shape index (κ2) is 4.02. The smallest absolute Gasteiger partial charge is 0.238 e. The predicted octanol–water partition coefficient (Wildman–Crippen LogP) is -0.390. The minimum Gasteiger partial charge on any atom is -0.339 e. The quantitative estimate of drug-likeness (QED) is 0.608. The Kier molecular flexibility index (Phi) is 2.44. The Morgan fingerprint density at radius 1 is 1.38 bits per heavy atom. The summed E-state index contributed by atoms with van der Waals surface area (Å²) in [6.45, 7) is 0.542. The molecule has 2 fully saturated rings. The van der Waals surface area contributed by atoms with E-state index in [2.05, 4.69) is 16.2 Å². The van der Waals surface area contributed by atoms with Gasteiger partial charge in [-0.2, -0.15) is 0 Å². The van der Waals surface area contributed by atoms with Crippen LogP contribution < -0.4 is 21.1 Å². The summed E-state index contributed by atoms with van der Waals surface area (Å²) in [5.74, 6) is -0.879. The number of rotatable bonds is 0. The Hall–Kier alpha value is -1.99. The number of fused-ring (bicyclic) bond motifs is 4. The SMILES string of the molecule is CN1C(=O)C2(CC(=O)NC3NNCC32)c2cc(F)ccc21. The van der Waals surface area contributed by atoms with Crippen LogP contribution in [0, 0.1) is 11.7 Å². The molecule has 1 aromatic carbocycles. The Labute approximate surface area is 120 Å². The van der Waals surface area contributed by atoms with Crippen molar-refractivity contribution in [3.63, 3.8) is 0 Å². The Bertz CT molecular complexity index is 664. The van der Waals surface area contributed by atoms with Crippen molar-refractivity contribution in [3.05, 3.63) is 29.6 Å². The van der Waals surface area contributed by atoms with Crippen LogP contribution in [0.25, 0.3) is 0 Å². The first-order valence-electron chi connectivity index (χ1n) is 6.90. The van der Waals surface area contributed by atoms with E-state index < -0.39 is 11.2 Å². The molecule has 3 atom stereocenters. The van der Waals surface area contributed by atoms with Gasteiger partial charge >= 0.3 is 0 Å². The van der Waals surface area contributed by atoms with Gasteiger partial charge in [-0.15, -0.1) is 0 Å². The first-order chi connectivity index (χ1) is 10.0. The molecule has 3 aliphatic rings. The largest absolute Gasteiger partial charge is 0.339 e. The molecule has 6 nitrogen and oxygen atoms in total. The van der Waals surface area contributed by atoms with Crippen molar-refractivity contribution in [3.8, 4) is 0 Å². The maximum Gasteiger partial charge on any atom is 0.238 e. The lowest BCUT2D eigenvalue weighted by molar-refractivity contribution is -0.135. The standard InChI is InChI=1S/C14H15FN4O2/c1-19-10-3-2-7(15)4-8(10)14(13(19)21)5-11(20)17-12-9(14)6-16-18-12/h2-4,9,12,16,18H,5-6H2,1H3,(H,17,20). The van der Waals surface area contributed by atoms with E-state index in [4.69, 9.17) is 0 Å². The molecule has 0 radical (unpaired) electrons. The van der Waals surface area contributed by atoms with Crippen LogP contribution in [0.1, 0.15) is 12.0 Å². The molecule has 0 bridgehead atoms. The van der Waals surface area contributed by atoms with Gasteiger partial charge in [0, 0.05) is 31.6 Å². The highest BCUT2D eigenvalue weighted by Crippen LogP contribution is 2.50. The van der Waals surface area contributed by atoms with Gasteiger partial charge in [-0.05, 0) is 23.8 Å². The van der Waals surface area contributed by atoms with E-state index in [1.807, 2.05) is 0 Å². The molecule has 110 valence electrons. The summed E-state index contributed by atoms with van der Waals surface area (Å²) in [7, 11) is 1.67. The monoisotopic (exact) mass is 290 g/mol. The third-order valence-corrected chi connectivity index (χ3v) is 4.86. The number of anilines is 1. The summed E-state index contributed by atoms with van der Waals surface area (Å²) in [4.78, 5) is 26.5. The number of likely N-dealkylation sites (N-methyl/N-ethyl adjacent to an activating group) is 1. The zero-order chi connectivity index (χ0) is 14.8. The van der Waals surface area contributed by atoms with Crippen molar-refractivity contribution >= 4 is 17.5 Å². The average molecular weight is 290 g/mol. The Morgan fingerprint density at radius 2 is 2.19 bits per heavy atom. The second-order valence-electron chi connectivity index (χ2n) is 5.85. The highest BCUT2D eigenvalue weighted by Gasteiger charge is 2.61. The molecular formula is C14H15FN4O2. The van der Waals surface area contributed by atoms with E-state index in [0.717, 1.165) is 0 Å². The number of halogens is 1. The predicted molar refractivity (Wildman–Crippen MR) is 72.7 cm³/mol. The first kappa shape index (κ1) is 12.7. The molecule has 0 aliphatic carbocycles. The third kappa shape index (κ3) is 1.47. The van der Waals surface area contributed by atoms with Gasteiger partial charge in [0.25, 0.3) is 0 Å². The number of hydrogen-bond donors (Lipinski definition) is 3. The van der Waals surface area contributed by atoms with Gasteiger partial charge in [0.2, 0.25) is 11.8 Å². The summed E-state index contributed by atoms with van der Waals surface area (Å²) >= 11 is 0. The number of hydrogen-bond acceptors (Lipinski definition) is 4. The molecule has 1 spiro atoms. The summed E-state index contributed by atoms with van der Waals surface area (Å²) in [6, 6.07) is 4.34. The van der Waals surface area contributed by atoms with Crippen LogP contribution in [0.5, 0.6) is 0 Å². The highest BCUT2D eigenvalue weighted by molar-refractivity contribution is 6.10. The number of carbonyl (C=O) groups excluding carboxylic acids is 2. The zero-order valence-electron chi connectivity index (χ0n) is 11.4. The lowest BCUT2D eigenvalue weighted by Crippen LogP contribution is -2.61. The lowest BCUT2D eigenvalue weighted by atomic mass is 9.65. The molecule has 3 unspecified atom stereocenters. The van der Waals surface area contributed by atoms with Crippen LogP contribution >= 0.6 is 0 Å². The average Bonchev–Trinajstić information content (AvgIpc) is 2.99. The number of nitrogens with one attached hydrogen (secondary N) is 3. The topological polar surface area (TPSA) is 73.5 Å². The normalized spacial score (nSPS) is 34.1. The van der Waals surface area contributed by atoms with Gasteiger partial charge in [-0.1, -0.05) is 0 Å². The fourth-order valence-electron chi connectivity index (χ4n) is 3.91. The third-order valence-electron chi connectivity index (χ3n) is 4.86. The molecule has 7 heteroatoms. The van der Waals surface area contributed by atoms with Crippen LogP contribution in [0.15, 0.2) is 18.2 Å². The molecule has 4 rings (SSSR count). The molecule has 21 heavy (non-hydrogen) atoms. The van der Waals surface area contributed by atoms with Crippen molar-refractivity contribution in [1.82, 2.24) is 16.2 Å². The Morgan fingerprint density at radius 3 is 3.00 bits per heavy atom. The molecule has 3 aliphatic heterocycles. The Balaban J connectivity index is 1.96. The van der Waals surface area contributed by atoms with Crippen LogP contribution in [0.4, 0.5) is 10.1 Å². The minimum absolute atomic E-state index is 0.0527. The van der Waals surface area contributed by atoms with E-state index in [-0.39, 0.29) is 30.3 Å². The van der Waals surface area contributed by atoms with Crippen molar-refractivity contribution in [2.24, 2.45) is 5.92 Å². The number of benzene rings is 1. The van der Waals surface area contributed by atoms with Gasteiger partial charge in [0.1, 0.15) is 5.82 Å². The van der Waals surface area contributed by atoms with Crippen molar-refractivity contribution in [2.75, 3.05) is 18.5 Å². The van der Waals surface area contributed by atoms with Crippen LogP contribution in [-0.4, -0.2) is 31.6 Å². The minimum atomic E-state index is -0.990. The summed E-state index contributed by atoms with van der Waals surface area (Å²) in [5, 5.41) is 2.83. The summed E-state index contributed by atoms with van der Waals surface area (Å²) < 4.78 is 13.7. The van der Waals surface area contributed by atoms with Gasteiger partial charge in [-0.25, -0.2) is 9.82 Å². The summed E-state index contributed by atoms with van der Waals surface area (Å²) in [6.07, 6.45) is -0.269. The molecule has 2 amide bonds. The fourth-order valence-corrected chi connectivity index (χ4v) is 3.91. The van der Waals surface area contributed by atoms with Gasteiger partial charge in [-0.3, -0.25) is 15.0 Å². The van der Waals surface area contributed by atoms with Crippen LogP contribution in [-0.2, 0) is 15.0 Å². The van der Waals surface area contributed by atoms with E-state index in [9.17, 15) is 14.0 Å². The molecule has 1 aromatic rings.